The molecule has 0 saturated carbocycles. The molecule has 0 aliphatic heterocycles. The summed E-state index contributed by atoms with van der Waals surface area (Å²) in [5.74, 6) is -1.77. The molecule has 9 heteroatoms. The van der Waals surface area contributed by atoms with E-state index in [9.17, 15) is 14.4 Å². The van der Waals surface area contributed by atoms with Crippen LogP contribution in [0.3, 0.4) is 0 Å². The van der Waals surface area contributed by atoms with Crippen LogP contribution < -0.4 is 5.32 Å². The quantitative estimate of drug-likeness (QED) is 0.580. The highest BCUT2D eigenvalue weighted by Crippen LogP contribution is 2.38. The molecule has 2 aromatic rings. The Bertz CT molecular complexity index is 988. The van der Waals surface area contributed by atoms with E-state index < -0.39 is 23.9 Å². The Morgan fingerprint density at radius 1 is 1.17 bits per heavy atom. The molecule has 3 rings (SSSR count). The minimum atomic E-state index is -1.11. The van der Waals surface area contributed by atoms with Crippen LogP contribution in [0, 0.1) is 0 Å². The Morgan fingerprint density at radius 3 is 2.63 bits per heavy atom. The van der Waals surface area contributed by atoms with Crippen LogP contribution in [0.2, 0.25) is 10.0 Å². The van der Waals surface area contributed by atoms with Crippen molar-refractivity contribution >= 4 is 57.4 Å². The maximum Gasteiger partial charge on any atom is 0.341 e. The molecule has 1 atom stereocenters. The standard InChI is InChI=1S/C21H21Cl2NO5S/c1-3-28-21(27)17-13-6-4-5-7-16(13)30-19(17)24-18(25)11(2)29-20(26)14-10-12(22)8-9-15(14)23/h8-11H,3-7H2,1-2H3,(H,24,25). The number of rotatable bonds is 6. The van der Waals surface area contributed by atoms with Crippen LogP contribution >= 0.6 is 34.5 Å². The Morgan fingerprint density at radius 2 is 1.90 bits per heavy atom. The van der Waals surface area contributed by atoms with Crippen molar-refractivity contribution in [2.75, 3.05) is 11.9 Å². The van der Waals surface area contributed by atoms with Gasteiger partial charge in [0, 0.05) is 9.90 Å². The van der Waals surface area contributed by atoms with E-state index in [4.69, 9.17) is 32.7 Å². The highest BCUT2D eigenvalue weighted by Gasteiger charge is 2.29. The zero-order valence-corrected chi connectivity index (χ0v) is 18.9. The van der Waals surface area contributed by atoms with E-state index >= 15 is 0 Å². The second-order valence-corrected chi connectivity index (χ2v) is 8.75. The number of aryl methyl sites for hydroxylation is 1. The summed E-state index contributed by atoms with van der Waals surface area (Å²) in [6.45, 7) is 3.42. The van der Waals surface area contributed by atoms with Crippen LogP contribution in [0.5, 0.6) is 0 Å². The van der Waals surface area contributed by atoms with Crippen molar-refractivity contribution < 1.29 is 23.9 Å². The molecular weight excluding hydrogens is 449 g/mol. The normalized spacial score (nSPS) is 13.9. The molecule has 30 heavy (non-hydrogen) atoms. The van der Waals surface area contributed by atoms with E-state index in [1.165, 1.54) is 30.4 Å². The Kier molecular flexibility index (Phi) is 7.39. The first-order valence-electron chi connectivity index (χ1n) is 9.60. The second-order valence-electron chi connectivity index (χ2n) is 6.80. The summed E-state index contributed by atoms with van der Waals surface area (Å²) in [7, 11) is 0. The van der Waals surface area contributed by atoms with E-state index in [1.807, 2.05) is 0 Å². The third kappa shape index (κ3) is 4.96. The molecule has 6 nitrogen and oxygen atoms in total. The summed E-state index contributed by atoms with van der Waals surface area (Å²) < 4.78 is 10.4. The molecule has 1 unspecified atom stereocenters. The number of carbonyl (C=O) groups is 3. The molecule has 0 radical (unpaired) electrons. The number of ether oxygens (including phenoxy) is 2. The number of carbonyl (C=O) groups excluding carboxylic acids is 3. The van der Waals surface area contributed by atoms with Gasteiger partial charge in [-0.15, -0.1) is 11.3 Å². The average Bonchev–Trinajstić information content (AvgIpc) is 3.07. The molecule has 1 aromatic carbocycles. The monoisotopic (exact) mass is 469 g/mol. The molecule has 1 heterocycles. The Balaban J connectivity index is 1.76. The van der Waals surface area contributed by atoms with E-state index in [1.54, 1.807) is 13.0 Å². The summed E-state index contributed by atoms with van der Waals surface area (Å²) >= 11 is 13.3. The number of hydrogen-bond donors (Lipinski definition) is 1. The van der Waals surface area contributed by atoms with Gasteiger partial charge in [-0.2, -0.15) is 0 Å². The number of hydrogen-bond acceptors (Lipinski definition) is 6. The van der Waals surface area contributed by atoms with Crippen LogP contribution in [0.4, 0.5) is 5.00 Å². The number of halogens is 2. The number of esters is 2. The molecule has 0 bridgehead atoms. The van der Waals surface area contributed by atoms with Crippen LogP contribution in [0.1, 0.15) is 57.8 Å². The van der Waals surface area contributed by atoms with Crippen molar-refractivity contribution in [3.05, 3.63) is 49.8 Å². The number of nitrogens with one attached hydrogen (secondary N) is 1. The first-order valence-corrected chi connectivity index (χ1v) is 11.2. The molecular formula is C21H21Cl2NO5S. The lowest BCUT2D eigenvalue weighted by molar-refractivity contribution is -0.123. The molecule has 1 aromatic heterocycles. The van der Waals surface area contributed by atoms with E-state index in [2.05, 4.69) is 5.32 Å². The predicted molar refractivity (Wildman–Crippen MR) is 117 cm³/mol. The van der Waals surface area contributed by atoms with Gasteiger partial charge in [-0.3, -0.25) is 4.79 Å². The number of benzene rings is 1. The van der Waals surface area contributed by atoms with E-state index in [0.717, 1.165) is 36.1 Å². The van der Waals surface area contributed by atoms with Crippen molar-refractivity contribution in [2.45, 2.75) is 45.6 Å². The van der Waals surface area contributed by atoms with Gasteiger partial charge in [0.2, 0.25) is 0 Å². The average molecular weight is 470 g/mol. The molecule has 1 aliphatic carbocycles. The van der Waals surface area contributed by atoms with Gasteiger partial charge in [0.25, 0.3) is 5.91 Å². The lowest BCUT2D eigenvalue weighted by Gasteiger charge is -2.15. The van der Waals surface area contributed by atoms with E-state index in [-0.39, 0.29) is 17.2 Å². The molecule has 160 valence electrons. The molecule has 1 amide bonds. The summed E-state index contributed by atoms with van der Waals surface area (Å²) in [4.78, 5) is 38.7. The molecule has 0 saturated heterocycles. The van der Waals surface area contributed by atoms with Gasteiger partial charge < -0.3 is 14.8 Å². The van der Waals surface area contributed by atoms with Crippen LogP contribution in [0.25, 0.3) is 0 Å². The van der Waals surface area contributed by atoms with Crippen molar-refractivity contribution in [1.29, 1.82) is 0 Å². The smallest absolute Gasteiger partial charge is 0.341 e. The van der Waals surface area contributed by atoms with Gasteiger partial charge in [0.1, 0.15) is 5.00 Å². The van der Waals surface area contributed by atoms with E-state index in [0.29, 0.717) is 15.6 Å². The lowest BCUT2D eigenvalue weighted by Crippen LogP contribution is -2.30. The van der Waals surface area contributed by atoms with Crippen molar-refractivity contribution in [2.24, 2.45) is 0 Å². The van der Waals surface area contributed by atoms with Gasteiger partial charge in [-0.1, -0.05) is 23.2 Å². The minimum Gasteiger partial charge on any atom is -0.462 e. The largest absolute Gasteiger partial charge is 0.462 e. The van der Waals surface area contributed by atoms with Crippen LogP contribution in [0.15, 0.2) is 18.2 Å². The minimum absolute atomic E-state index is 0.0719. The SMILES string of the molecule is CCOC(=O)c1c(NC(=O)C(C)OC(=O)c2cc(Cl)ccc2Cl)sc2c1CCCC2. The summed E-state index contributed by atoms with van der Waals surface area (Å²) in [6, 6.07) is 4.41. The molecule has 1 aliphatic rings. The lowest BCUT2D eigenvalue weighted by atomic mass is 9.95. The van der Waals surface area contributed by atoms with Crippen molar-refractivity contribution in [3.8, 4) is 0 Å². The highest BCUT2D eigenvalue weighted by atomic mass is 35.5. The van der Waals surface area contributed by atoms with Gasteiger partial charge >= 0.3 is 11.9 Å². The number of thiophene rings is 1. The third-order valence-electron chi connectivity index (χ3n) is 4.69. The van der Waals surface area contributed by atoms with Crippen molar-refractivity contribution in [1.82, 2.24) is 0 Å². The number of amides is 1. The van der Waals surface area contributed by atoms with Crippen LogP contribution in [-0.4, -0.2) is 30.6 Å². The molecule has 1 N–H and O–H groups in total. The summed E-state index contributed by atoms with van der Waals surface area (Å²) in [5.41, 5.74) is 1.42. The van der Waals surface area contributed by atoms with Gasteiger partial charge in [0.15, 0.2) is 6.10 Å². The first-order chi connectivity index (χ1) is 14.3. The zero-order valence-electron chi connectivity index (χ0n) is 16.6. The van der Waals surface area contributed by atoms with Gasteiger partial charge in [-0.25, -0.2) is 9.59 Å². The zero-order chi connectivity index (χ0) is 21.8. The number of fused-ring (bicyclic) bond motifs is 1. The highest BCUT2D eigenvalue weighted by molar-refractivity contribution is 7.17. The second kappa shape index (κ2) is 9.81. The third-order valence-corrected chi connectivity index (χ3v) is 6.46. The number of anilines is 1. The predicted octanol–water partition coefficient (Wildman–Crippen LogP) is 5.29. The van der Waals surface area contributed by atoms with Gasteiger partial charge in [-0.05, 0) is 63.3 Å². The topological polar surface area (TPSA) is 81.7 Å². The summed E-state index contributed by atoms with van der Waals surface area (Å²) in [6.07, 6.45) is 2.55. The van der Waals surface area contributed by atoms with Gasteiger partial charge in [0.05, 0.1) is 22.8 Å². The van der Waals surface area contributed by atoms with Crippen molar-refractivity contribution in [3.63, 3.8) is 0 Å². The first kappa shape index (κ1) is 22.6. The fourth-order valence-corrected chi connectivity index (χ4v) is 4.87. The fourth-order valence-electron chi connectivity index (χ4n) is 3.22. The molecule has 0 fully saturated rings. The molecule has 0 spiro atoms. The summed E-state index contributed by atoms with van der Waals surface area (Å²) in [5, 5.41) is 3.66. The fraction of sp³-hybridized carbons (Fsp3) is 0.381. The van der Waals surface area contributed by atoms with Crippen LogP contribution in [-0.2, 0) is 27.1 Å². The Hall–Kier alpha value is -2.09. The maximum atomic E-state index is 12.7. The maximum absolute atomic E-state index is 12.7. The Labute approximate surface area is 188 Å².